The highest BCUT2D eigenvalue weighted by Crippen LogP contribution is 2.29. The van der Waals surface area contributed by atoms with Gasteiger partial charge in [0.25, 0.3) is 6.69 Å². The minimum absolute atomic E-state index is 0.811. The molecule has 0 aromatic rings. The Balaban J connectivity index is -0.000000261. The average Bonchev–Trinajstić information content (AvgIpc) is 2.93. The zero-order valence-corrected chi connectivity index (χ0v) is 41.2. The lowest BCUT2D eigenvalue weighted by molar-refractivity contribution is 0.562. The SMILES string of the molecule is CCCCCCCCCCCC[Si](Cl)(Cl)Cl.CCCCCCCCC[Si](Cl)(Cl)Cl.CCCCC[Si](Cl)(Cl)Cl.CC[Si](Cl)(Cl)CC. The Hall–Kier alpha value is 4.06. The van der Waals surface area contributed by atoms with Crippen molar-refractivity contribution in [3.8, 4) is 0 Å². The van der Waals surface area contributed by atoms with Crippen LogP contribution in [0.2, 0.25) is 30.2 Å². The summed E-state index contributed by atoms with van der Waals surface area (Å²) in [6, 6.07) is -2.53. The maximum atomic E-state index is 5.81. The summed E-state index contributed by atoms with van der Waals surface area (Å²) in [5.74, 6) is 0. The van der Waals surface area contributed by atoms with Crippen LogP contribution in [-0.2, 0) is 0 Å². The number of rotatable bonds is 25. The molecule has 0 amide bonds. The average molecular weight is 928 g/mol. The van der Waals surface area contributed by atoms with E-state index in [1.165, 1.54) is 109 Å². The summed E-state index contributed by atoms with van der Waals surface area (Å²) >= 11 is 63.3. The molecule has 0 spiro atoms. The van der Waals surface area contributed by atoms with Crippen molar-refractivity contribution in [1.29, 1.82) is 0 Å². The summed E-state index contributed by atoms with van der Waals surface area (Å²) in [5, 5.41) is 0. The van der Waals surface area contributed by atoms with Gasteiger partial charge in [-0.3, -0.25) is 0 Å². The lowest BCUT2D eigenvalue weighted by Crippen LogP contribution is -2.13. The molecule has 0 N–H and O–H groups in total. The highest BCUT2D eigenvalue weighted by Gasteiger charge is 2.24. The van der Waals surface area contributed by atoms with Crippen molar-refractivity contribution in [3.05, 3.63) is 0 Å². The van der Waals surface area contributed by atoms with Gasteiger partial charge in [-0.2, -0.15) is 0 Å². The maximum absolute atomic E-state index is 5.81. The number of hydrogen-bond donors (Lipinski definition) is 0. The van der Waals surface area contributed by atoms with Crippen molar-refractivity contribution < 1.29 is 0 Å². The quantitative estimate of drug-likeness (QED) is 0.0486. The molecule has 0 aromatic carbocycles. The van der Waals surface area contributed by atoms with E-state index in [4.69, 9.17) is 122 Å². The summed E-state index contributed by atoms with van der Waals surface area (Å²) in [4.78, 5) is 0. The summed E-state index contributed by atoms with van der Waals surface area (Å²) in [6.45, 7) is 9.00. The van der Waals surface area contributed by atoms with Crippen LogP contribution in [0.1, 0.15) is 163 Å². The fourth-order valence-corrected chi connectivity index (χ4v) is 9.98. The van der Waals surface area contributed by atoms with Gasteiger partial charge < -0.3 is 0 Å². The molecule has 0 aliphatic rings. The minimum Gasteiger partial charge on any atom is -0.146 e. The van der Waals surface area contributed by atoms with E-state index in [1.54, 1.807) is 0 Å². The molecule has 278 valence electrons. The van der Waals surface area contributed by atoms with Crippen molar-refractivity contribution in [2.24, 2.45) is 0 Å². The predicted octanol–water partition coefficient (Wildman–Crippen LogP) is 18.7. The Morgan fingerprint density at radius 1 is 0.267 bits per heavy atom. The molecule has 45 heavy (non-hydrogen) atoms. The molecule has 0 fully saturated rings. The fourth-order valence-electron chi connectivity index (χ4n) is 3.92. The van der Waals surface area contributed by atoms with Crippen LogP contribution < -0.4 is 0 Å². The summed E-state index contributed by atoms with van der Waals surface area (Å²) in [6.07, 6.45) is 25.8. The number of halogens is 11. The highest BCUT2D eigenvalue weighted by atomic mass is 35.9. The summed E-state index contributed by atoms with van der Waals surface area (Å²) in [5.41, 5.74) is 0. The van der Waals surface area contributed by atoms with Crippen molar-refractivity contribution in [2.75, 3.05) is 0 Å². The monoisotopic (exact) mass is 922 g/mol. The van der Waals surface area contributed by atoms with Crippen molar-refractivity contribution in [2.45, 2.75) is 193 Å². The molecule has 0 nitrogen and oxygen atoms in total. The van der Waals surface area contributed by atoms with Crippen LogP contribution in [0.4, 0.5) is 0 Å². The maximum Gasteiger partial charge on any atom is 0.341 e. The zero-order chi connectivity index (χ0) is 35.7. The molecule has 0 aromatic heterocycles. The third kappa shape index (κ3) is 66.8. The van der Waals surface area contributed by atoms with Crippen molar-refractivity contribution >= 4 is 147 Å². The van der Waals surface area contributed by atoms with Crippen LogP contribution in [-0.4, -0.2) is 24.7 Å². The lowest BCUT2D eigenvalue weighted by Gasteiger charge is -2.08. The standard InChI is InChI=1S/C12H25Cl3Si.C9H19Cl3Si.C5H11Cl3Si.C4H10Cl2Si/c1-2-3-4-5-6-7-8-9-10-11-12-16(13,14)15;1-2-3-4-5-6-7-8-9-13(10,11)12;1-2-3-4-5-9(6,7)8;1-3-7(5,6)4-2/h2-12H2,1H3;2-9H2,1H3;2-5H2,1H3;3-4H2,1-2H3. The van der Waals surface area contributed by atoms with E-state index in [0.717, 1.165) is 49.5 Å². The van der Waals surface area contributed by atoms with Crippen LogP contribution in [0.5, 0.6) is 0 Å². The normalized spacial score (nSPS) is 12.0. The van der Waals surface area contributed by atoms with E-state index in [1.807, 2.05) is 13.8 Å². The van der Waals surface area contributed by atoms with Crippen molar-refractivity contribution in [1.82, 2.24) is 0 Å². The van der Waals surface area contributed by atoms with E-state index >= 15 is 0 Å². The van der Waals surface area contributed by atoms with Gasteiger partial charge in [-0.05, 0) is 30.2 Å². The van der Waals surface area contributed by atoms with Gasteiger partial charge >= 0.3 is 18.0 Å². The Labute approximate surface area is 336 Å². The molecule has 0 unspecified atom stereocenters. The van der Waals surface area contributed by atoms with E-state index in [0.29, 0.717) is 0 Å². The molecule has 0 bridgehead atoms. The van der Waals surface area contributed by atoms with Crippen LogP contribution in [0.3, 0.4) is 0 Å². The Kier molecular flexibility index (Phi) is 46.9. The molecule has 0 heterocycles. The van der Waals surface area contributed by atoms with E-state index in [9.17, 15) is 0 Å². The fraction of sp³-hybridized carbons (Fsp3) is 1.00. The van der Waals surface area contributed by atoms with E-state index < -0.39 is 24.7 Å². The van der Waals surface area contributed by atoms with Crippen LogP contribution >= 0.6 is 122 Å². The molecule has 0 saturated heterocycles. The Morgan fingerprint density at radius 2 is 0.444 bits per heavy atom. The first-order valence-corrected chi connectivity index (χ1v) is 37.5. The lowest BCUT2D eigenvalue weighted by atomic mass is 10.1. The van der Waals surface area contributed by atoms with E-state index in [-0.39, 0.29) is 0 Å². The van der Waals surface area contributed by atoms with Gasteiger partial charge in [0.15, 0.2) is 0 Å². The minimum atomic E-state index is -2.33. The van der Waals surface area contributed by atoms with Gasteiger partial charge in [0.2, 0.25) is 0 Å². The van der Waals surface area contributed by atoms with Gasteiger partial charge in [0.05, 0.1) is 0 Å². The van der Waals surface area contributed by atoms with Crippen LogP contribution in [0.25, 0.3) is 0 Å². The zero-order valence-electron chi connectivity index (χ0n) is 28.8. The third-order valence-corrected chi connectivity index (χ3v) is 20.1. The van der Waals surface area contributed by atoms with Gasteiger partial charge in [0, 0.05) is 0 Å². The molecule has 15 heteroatoms. The Bertz CT molecular complexity index is 566. The second-order valence-corrected chi connectivity index (χ2v) is 47.6. The molecular formula is C30H65Cl11Si4. The molecule has 0 rings (SSSR count). The Morgan fingerprint density at radius 3 is 0.622 bits per heavy atom. The predicted molar refractivity (Wildman–Crippen MR) is 232 cm³/mol. The molecule has 0 atom stereocenters. The van der Waals surface area contributed by atoms with Gasteiger partial charge in [0.1, 0.15) is 0 Å². The molecular weight excluding hydrogens is 863 g/mol. The first kappa shape index (κ1) is 55.8. The van der Waals surface area contributed by atoms with E-state index in [2.05, 4.69) is 20.8 Å². The first-order valence-electron chi connectivity index (χ1n) is 17.4. The van der Waals surface area contributed by atoms with Crippen LogP contribution in [0.15, 0.2) is 0 Å². The molecule has 0 saturated carbocycles. The molecule has 0 aliphatic carbocycles. The first-order chi connectivity index (χ1) is 20.8. The molecule has 0 radical (unpaired) electrons. The molecule has 0 aliphatic heterocycles. The van der Waals surface area contributed by atoms with Crippen LogP contribution in [0, 0.1) is 0 Å². The highest BCUT2D eigenvalue weighted by molar-refractivity contribution is 7.65. The number of hydrogen-bond acceptors (Lipinski definition) is 0. The summed E-state index contributed by atoms with van der Waals surface area (Å²) < 4.78 is 0. The van der Waals surface area contributed by atoms with Gasteiger partial charge in [-0.15, -0.1) is 122 Å². The number of unbranched alkanes of at least 4 members (excludes halogenated alkanes) is 17. The van der Waals surface area contributed by atoms with Gasteiger partial charge in [-0.25, -0.2) is 0 Å². The third-order valence-electron chi connectivity index (χ3n) is 6.98. The second kappa shape index (κ2) is 37.8. The topological polar surface area (TPSA) is 0 Å². The van der Waals surface area contributed by atoms with Crippen molar-refractivity contribution in [3.63, 3.8) is 0 Å². The largest absolute Gasteiger partial charge is 0.341 e. The summed E-state index contributed by atoms with van der Waals surface area (Å²) in [7, 11) is 0. The smallest absolute Gasteiger partial charge is 0.146 e. The second-order valence-electron chi connectivity index (χ2n) is 11.7. The van der Waals surface area contributed by atoms with Gasteiger partial charge in [-0.1, -0.05) is 163 Å².